The van der Waals surface area contributed by atoms with Gasteiger partial charge in [0.05, 0.1) is 16.3 Å². The molecule has 1 amide bonds. The Hall–Kier alpha value is -2.34. The molecule has 1 unspecified atom stereocenters. The molecular weight excluding hydrogens is 377 g/mol. The topological polar surface area (TPSA) is 42.0 Å². The monoisotopic (exact) mass is 394 g/mol. The normalized spacial score (nSPS) is 20.1. The lowest BCUT2D eigenvalue weighted by Crippen LogP contribution is -2.28. The largest absolute Gasteiger partial charge is 0.416 e. The van der Waals surface area contributed by atoms with E-state index in [1.807, 2.05) is 6.08 Å². The van der Waals surface area contributed by atoms with Crippen LogP contribution >= 0.6 is 11.6 Å². The summed E-state index contributed by atoms with van der Waals surface area (Å²) in [7, 11) is 0. The van der Waals surface area contributed by atoms with Crippen molar-refractivity contribution >= 4 is 23.2 Å². The van der Waals surface area contributed by atoms with Crippen LogP contribution < -0.4 is 5.32 Å². The van der Waals surface area contributed by atoms with E-state index in [0.717, 1.165) is 17.8 Å². The molecule has 1 aliphatic rings. The van der Waals surface area contributed by atoms with Crippen molar-refractivity contribution < 1.29 is 18.0 Å². The number of pyridine rings is 1. The summed E-state index contributed by atoms with van der Waals surface area (Å²) in [5.74, 6) is -0.302. The minimum Gasteiger partial charge on any atom is -0.322 e. The number of hydrogen-bond donors (Lipinski definition) is 1. The first-order valence-corrected chi connectivity index (χ1v) is 8.85. The van der Waals surface area contributed by atoms with Gasteiger partial charge in [-0.15, -0.1) is 0 Å². The molecule has 142 valence electrons. The van der Waals surface area contributed by atoms with Gasteiger partial charge < -0.3 is 5.32 Å². The van der Waals surface area contributed by atoms with E-state index in [1.54, 1.807) is 18.3 Å². The van der Waals surface area contributed by atoms with Gasteiger partial charge >= 0.3 is 6.18 Å². The molecule has 0 bridgehead atoms. The van der Waals surface area contributed by atoms with Gasteiger partial charge in [0.1, 0.15) is 0 Å². The zero-order valence-corrected chi connectivity index (χ0v) is 15.4. The molecular formula is C20H18ClF3N2O. The standard InChI is InChI=1S/C20H18ClF3N2O/c1-19(17-16(21)3-2-12-25-17)10-8-13(9-11-19)18(27)26-15-6-4-14(5-7-15)20(22,23)24/h2-8,12H,9-11H2,1H3,(H,26,27). The van der Waals surface area contributed by atoms with Crippen molar-refractivity contribution in [1.82, 2.24) is 4.98 Å². The number of allylic oxidation sites excluding steroid dienone is 1. The molecule has 0 spiro atoms. The summed E-state index contributed by atoms with van der Waals surface area (Å²) in [4.78, 5) is 16.8. The van der Waals surface area contributed by atoms with Gasteiger partial charge in [-0.25, -0.2) is 0 Å². The van der Waals surface area contributed by atoms with Gasteiger partial charge in [-0.3, -0.25) is 9.78 Å². The van der Waals surface area contributed by atoms with Crippen LogP contribution in [0.5, 0.6) is 0 Å². The maximum atomic E-state index is 12.6. The predicted molar refractivity (Wildman–Crippen MR) is 98.6 cm³/mol. The number of nitrogens with zero attached hydrogens (tertiary/aromatic N) is 1. The second-order valence-electron chi connectivity index (χ2n) is 6.86. The molecule has 27 heavy (non-hydrogen) atoms. The summed E-state index contributed by atoms with van der Waals surface area (Å²) in [5.41, 5.74) is 0.746. The fraction of sp³-hybridized carbons (Fsp3) is 0.300. The number of anilines is 1. The zero-order valence-electron chi connectivity index (χ0n) is 14.6. The third-order valence-electron chi connectivity index (χ3n) is 4.84. The van der Waals surface area contributed by atoms with Crippen molar-refractivity contribution in [2.75, 3.05) is 5.32 Å². The van der Waals surface area contributed by atoms with Crippen molar-refractivity contribution in [2.45, 2.75) is 37.8 Å². The molecule has 0 saturated carbocycles. The average molecular weight is 395 g/mol. The Balaban J connectivity index is 1.69. The molecule has 3 rings (SSSR count). The minimum atomic E-state index is -4.40. The van der Waals surface area contributed by atoms with Gasteiger partial charge in [0, 0.05) is 22.9 Å². The highest BCUT2D eigenvalue weighted by molar-refractivity contribution is 6.31. The molecule has 7 heteroatoms. The van der Waals surface area contributed by atoms with Crippen molar-refractivity contribution in [3.05, 3.63) is 70.5 Å². The molecule has 0 fully saturated rings. The quantitative estimate of drug-likeness (QED) is 0.719. The van der Waals surface area contributed by atoms with Crippen molar-refractivity contribution in [2.24, 2.45) is 0 Å². The first kappa shape index (κ1) is 19.4. The maximum Gasteiger partial charge on any atom is 0.416 e. The van der Waals surface area contributed by atoms with Gasteiger partial charge in [-0.2, -0.15) is 13.2 Å². The number of rotatable bonds is 3. The van der Waals surface area contributed by atoms with Crippen LogP contribution in [0.3, 0.4) is 0 Å². The summed E-state index contributed by atoms with van der Waals surface area (Å²) < 4.78 is 37.8. The Labute approximate surface area is 160 Å². The molecule has 1 heterocycles. The number of benzene rings is 1. The summed E-state index contributed by atoms with van der Waals surface area (Å²) in [5, 5.41) is 3.26. The summed E-state index contributed by atoms with van der Waals surface area (Å²) in [6, 6.07) is 7.97. The number of amides is 1. The SMILES string of the molecule is CC1(c2ncccc2Cl)CC=C(C(=O)Nc2ccc(C(F)(F)F)cc2)CC1. The number of carbonyl (C=O) groups excluding carboxylic acids is 1. The minimum absolute atomic E-state index is 0.253. The van der Waals surface area contributed by atoms with Gasteiger partial charge in [0.25, 0.3) is 5.91 Å². The molecule has 1 aromatic heterocycles. The number of carbonyl (C=O) groups is 1. The smallest absolute Gasteiger partial charge is 0.322 e. The lowest BCUT2D eigenvalue weighted by molar-refractivity contribution is -0.137. The predicted octanol–water partition coefficient (Wildman–Crippen LogP) is 5.76. The van der Waals surface area contributed by atoms with E-state index in [-0.39, 0.29) is 11.3 Å². The van der Waals surface area contributed by atoms with Gasteiger partial charge in [-0.1, -0.05) is 24.6 Å². The van der Waals surface area contributed by atoms with Crippen LogP contribution in [-0.2, 0) is 16.4 Å². The highest BCUT2D eigenvalue weighted by Gasteiger charge is 2.33. The van der Waals surface area contributed by atoms with E-state index >= 15 is 0 Å². The van der Waals surface area contributed by atoms with Gasteiger partial charge in [0.2, 0.25) is 0 Å². The third kappa shape index (κ3) is 4.33. The molecule has 1 aliphatic carbocycles. The average Bonchev–Trinajstić information content (AvgIpc) is 2.62. The molecule has 2 aromatic rings. The van der Waals surface area contributed by atoms with Crippen molar-refractivity contribution in [3.63, 3.8) is 0 Å². The Bertz CT molecular complexity index is 878. The van der Waals surface area contributed by atoms with E-state index in [9.17, 15) is 18.0 Å². The molecule has 1 N–H and O–H groups in total. The summed E-state index contributed by atoms with van der Waals surface area (Å²) in [6.45, 7) is 2.06. The Morgan fingerprint density at radius 3 is 2.48 bits per heavy atom. The lowest BCUT2D eigenvalue weighted by atomic mass is 9.74. The van der Waals surface area contributed by atoms with Crippen LogP contribution in [0.25, 0.3) is 0 Å². The van der Waals surface area contributed by atoms with E-state index in [4.69, 9.17) is 11.6 Å². The molecule has 0 radical (unpaired) electrons. The van der Waals surface area contributed by atoms with Crippen LogP contribution in [0.15, 0.2) is 54.2 Å². The lowest BCUT2D eigenvalue weighted by Gasteiger charge is -2.32. The van der Waals surface area contributed by atoms with E-state index in [1.165, 1.54) is 12.1 Å². The number of aromatic nitrogens is 1. The van der Waals surface area contributed by atoms with Gasteiger partial charge in [-0.05, 0) is 55.7 Å². The highest BCUT2D eigenvalue weighted by atomic mass is 35.5. The van der Waals surface area contributed by atoms with E-state index in [0.29, 0.717) is 35.5 Å². The van der Waals surface area contributed by atoms with Crippen LogP contribution in [-0.4, -0.2) is 10.9 Å². The second-order valence-corrected chi connectivity index (χ2v) is 7.26. The van der Waals surface area contributed by atoms with Crippen LogP contribution in [0.2, 0.25) is 5.02 Å². The number of alkyl halides is 3. The number of hydrogen-bond acceptors (Lipinski definition) is 2. The number of halogens is 4. The van der Waals surface area contributed by atoms with Crippen molar-refractivity contribution in [1.29, 1.82) is 0 Å². The van der Waals surface area contributed by atoms with Crippen LogP contribution in [0, 0.1) is 0 Å². The number of nitrogens with one attached hydrogen (secondary N) is 1. The molecule has 0 saturated heterocycles. The fourth-order valence-electron chi connectivity index (χ4n) is 3.17. The molecule has 3 nitrogen and oxygen atoms in total. The zero-order chi connectivity index (χ0) is 19.7. The Kier molecular flexibility index (Phi) is 5.29. The third-order valence-corrected chi connectivity index (χ3v) is 5.14. The Morgan fingerprint density at radius 2 is 1.93 bits per heavy atom. The molecule has 1 aromatic carbocycles. The van der Waals surface area contributed by atoms with Crippen LogP contribution in [0.1, 0.15) is 37.4 Å². The van der Waals surface area contributed by atoms with Crippen molar-refractivity contribution in [3.8, 4) is 0 Å². The van der Waals surface area contributed by atoms with E-state index in [2.05, 4.69) is 17.2 Å². The summed E-state index contributed by atoms with van der Waals surface area (Å²) in [6.07, 6.45) is 1.01. The van der Waals surface area contributed by atoms with Crippen LogP contribution in [0.4, 0.5) is 18.9 Å². The highest BCUT2D eigenvalue weighted by Crippen LogP contribution is 2.40. The first-order chi connectivity index (χ1) is 12.7. The molecule has 1 atom stereocenters. The molecule has 0 aliphatic heterocycles. The van der Waals surface area contributed by atoms with E-state index < -0.39 is 11.7 Å². The van der Waals surface area contributed by atoms with Gasteiger partial charge in [0.15, 0.2) is 0 Å². The Morgan fingerprint density at radius 1 is 1.22 bits per heavy atom. The second kappa shape index (κ2) is 7.35. The maximum absolute atomic E-state index is 12.6. The summed E-state index contributed by atoms with van der Waals surface area (Å²) >= 11 is 6.26. The first-order valence-electron chi connectivity index (χ1n) is 8.48. The fourth-order valence-corrected chi connectivity index (χ4v) is 3.52.